The Balaban J connectivity index is 1.60. The number of nitrogens with zero attached hydrogens (tertiary/aromatic N) is 3. The van der Waals surface area contributed by atoms with Gasteiger partial charge in [-0.25, -0.2) is 0 Å². The fraction of sp³-hybridized carbons (Fsp3) is 0.286. The predicted molar refractivity (Wildman–Crippen MR) is 136 cm³/mol. The van der Waals surface area contributed by atoms with Crippen molar-refractivity contribution in [2.75, 3.05) is 13.2 Å². The van der Waals surface area contributed by atoms with E-state index in [1.54, 1.807) is 46.1 Å². The highest BCUT2D eigenvalue weighted by Crippen LogP contribution is 2.48. The third kappa shape index (κ3) is 4.03. The maximum atomic E-state index is 13.7. The molecule has 0 radical (unpaired) electrons. The normalized spacial score (nSPS) is 22.4. The summed E-state index contributed by atoms with van der Waals surface area (Å²) in [5.74, 6) is -1.66. The Kier molecular flexibility index (Phi) is 6.52. The molecule has 1 fully saturated rings. The Bertz CT molecular complexity index is 1350. The summed E-state index contributed by atoms with van der Waals surface area (Å²) in [6, 6.07) is 15.4. The van der Waals surface area contributed by atoms with E-state index >= 15 is 0 Å². The molecule has 3 aromatic rings. The summed E-state index contributed by atoms with van der Waals surface area (Å²) in [5, 5.41) is 13.2. The van der Waals surface area contributed by atoms with Crippen LogP contribution < -0.4 is 10.9 Å². The molecule has 0 saturated carbocycles. The number of hydrogen-bond acceptors (Lipinski definition) is 5. The van der Waals surface area contributed by atoms with E-state index in [1.165, 1.54) is 0 Å². The Hall–Kier alpha value is -4.04. The van der Waals surface area contributed by atoms with Crippen molar-refractivity contribution in [2.45, 2.75) is 25.6 Å². The SMILES string of the molecule is CCNC(=O)[C@@H]1[C@@H](CO)[C@@H]2Cn3c(ccc(/C=C/c4ccccc4)c3=O)[C@H]1N2C(=O)c1ccncc1. The molecule has 0 unspecified atom stereocenters. The van der Waals surface area contributed by atoms with Crippen molar-refractivity contribution in [3.63, 3.8) is 0 Å². The van der Waals surface area contributed by atoms with E-state index < -0.39 is 23.9 Å². The Labute approximate surface area is 208 Å². The van der Waals surface area contributed by atoms with Crippen molar-refractivity contribution < 1.29 is 14.7 Å². The van der Waals surface area contributed by atoms with Crippen molar-refractivity contribution in [3.05, 3.63) is 99.7 Å². The van der Waals surface area contributed by atoms with Crippen LogP contribution >= 0.6 is 0 Å². The van der Waals surface area contributed by atoms with Crippen LogP contribution in [0.15, 0.2) is 71.8 Å². The zero-order chi connectivity index (χ0) is 25.2. The third-order valence-corrected chi connectivity index (χ3v) is 7.14. The first-order valence-electron chi connectivity index (χ1n) is 12.1. The molecule has 2 N–H and O–H groups in total. The van der Waals surface area contributed by atoms with Crippen LogP contribution in [0.5, 0.6) is 0 Å². The molecule has 0 spiro atoms. The Morgan fingerprint density at radius 3 is 2.53 bits per heavy atom. The van der Waals surface area contributed by atoms with Crippen LogP contribution in [0.3, 0.4) is 0 Å². The molecule has 184 valence electrons. The van der Waals surface area contributed by atoms with Crippen LogP contribution in [0.4, 0.5) is 0 Å². The fourth-order valence-electron chi connectivity index (χ4n) is 5.51. The third-order valence-electron chi connectivity index (χ3n) is 7.14. The number of hydrogen-bond donors (Lipinski definition) is 2. The molecule has 2 bridgehead atoms. The summed E-state index contributed by atoms with van der Waals surface area (Å²) in [7, 11) is 0. The largest absolute Gasteiger partial charge is 0.396 e. The van der Waals surface area contributed by atoms with E-state index in [0.717, 1.165) is 5.56 Å². The number of nitrogens with one attached hydrogen (secondary N) is 1. The van der Waals surface area contributed by atoms with Crippen LogP contribution in [-0.4, -0.2) is 50.6 Å². The number of fused-ring (bicyclic) bond motifs is 4. The van der Waals surface area contributed by atoms with Gasteiger partial charge in [0.25, 0.3) is 11.5 Å². The van der Waals surface area contributed by atoms with Crippen molar-refractivity contribution in [1.29, 1.82) is 0 Å². The molecule has 0 aliphatic carbocycles. The fourth-order valence-corrected chi connectivity index (χ4v) is 5.51. The number of aliphatic hydroxyl groups excluding tert-OH is 1. The number of rotatable bonds is 6. The maximum absolute atomic E-state index is 13.7. The second-order valence-electron chi connectivity index (χ2n) is 9.10. The van der Waals surface area contributed by atoms with E-state index in [4.69, 9.17) is 0 Å². The summed E-state index contributed by atoms with van der Waals surface area (Å²) in [6.45, 7) is 2.19. The first kappa shape index (κ1) is 23.7. The molecule has 2 aliphatic heterocycles. The molecule has 2 aliphatic rings. The lowest BCUT2D eigenvalue weighted by atomic mass is 9.86. The summed E-state index contributed by atoms with van der Waals surface area (Å²) < 4.78 is 1.66. The van der Waals surface area contributed by atoms with Gasteiger partial charge in [-0.05, 0) is 42.8 Å². The Morgan fingerprint density at radius 1 is 1.08 bits per heavy atom. The van der Waals surface area contributed by atoms with Gasteiger partial charge in [-0.3, -0.25) is 19.4 Å². The molecule has 4 heterocycles. The van der Waals surface area contributed by atoms with Gasteiger partial charge >= 0.3 is 0 Å². The highest BCUT2D eigenvalue weighted by molar-refractivity contribution is 5.96. The minimum absolute atomic E-state index is 0.182. The first-order chi connectivity index (χ1) is 17.5. The second-order valence-corrected chi connectivity index (χ2v) is 9.10. The molecule has 4 atom stereocenters. The number of benzene rings is 1. The number of amides is 2. The van der Waals surface area contributed by atoms with Gasteiger partial charge in [0.05, 0.1) is 18.0 Å². The molecule has 8 nitrogen and oxygen atoms in total. The number of carbonyl (C=O) groups is 2. The van der Waals surface area contributed by atoms with Gasteiger partial charge in [0.15, 0.2) is 0 Å². The smallest absolute Gasteiger partial charge is 0.258 e. The van der Waals surface area contributed by atoms with Gasteiger partial charge in [-0.15, -0.1) is 0 Å². The lowest BCUT2D eigenvalue weighted by molar-refractivity contribution is -0.127. The predicted octanol–water partition coefficient (Wildman–Crippen LogP) is 2.35. The summed E-state index contributed by atoms with van der Waals surface area (Å²) >= 11 is 0. The molecule has 2 aromatic heterocycles. The van der Waals surface area contributed by atoms with Crippen LogP contribution in [-0.2, 0) is 11.3 Å². The molecule has 36 heavy (non-hydrogen) atoms. The van der Waals surface area contributed by atoms with Crippen molar-refractivity contribution >= 4 is 24.0 Å². The average Bonchev–Trinajstić information content (AvgIpc) is 3.15. The number of carbonyl (C=O) groups excluding carboxylic acids is 2. The van der Waals surface area contributed by atoms with E-state index in [9.17, 15) is 19.5 Å². The van der Waals surface area contributed by atoms with Crippen molar-refractivity contribution in [3.8, 4) is 0 Å². The monoisotopic (exact) mass is 484 g/mol. The number of aromatic nitrogens is 2. The molecule has 1 aromatic carbocycles. The van der Waals surface area contributed by atoms with Gasteiger partial charge in [0.2, 0.25) is 5.91 Å². The quantitative estimate of drug-likeness (QED) is 0.559. The summed E-state index contributed by atoms with van der Waals surface area (Å²) in [4.78, 5) is 46.1. The minimum Gasteiger partial charge on any atom is -0.396 e. The van der Waals surface area contributed by atoms with E-state index in [2.05, 4.69) is 10.3 Å². The first-order valence-corrected chi connectivity index (χ1v) is 12.1. The molecular weight excluding hydrogens is 456 g/mol. The zero-order valence-corrected chi connectivity index (χ0v) is 19.9. The summed E-state index contributed by atoms with van der Waals surface area (Å²) in [5.41, 5.74) is 2.37. The van der Waals surface area contributed by atoms with Crippen LogP contribution in [0.25, 0.3) is 12.2 Å². The van der Waals surface area contributed by atoms with Crippen LogP contribution in [0.2, 0.25) is 0 Å². The average molecular weight is 485 g/mol. The van der Waals surface area contributed by atoms with Gasteiger partial charge in [0, 0.05) is 54.8 Å². The molecule has 5 rings (SSSR count). The molecule has 1 saturated heterocycles. The zero-order valence-electron chi connectivity index (χ0n) is 19.9. The van der Waals surface area contributed by atoms with Crippen LogP contribution in [0, 0.1) is 11.8 Å². The van der Waals surface area contributed by atoms with Crippen molar-refractivity contribution in [1.82, 2.24) is 19.8 Å². The van der Waals surface area contributed by atoms with E-state index in [1.807, 2.05) is 49.4 Å². The lowest BCUT2D eigenvalue weighted by Crippen LogP contribution is -2.49. The standard InChI is InChI=1S/C28H28N4O4/c1-2-30-26(34)24-21(17-33)23-16-31-22(25(24)32(23)28(36)20-12-14-29-15-13-20)11-10-19(27(31)35)9-8-18-6-4-3-5-7-18/h3-15,21,23-25,33H,2,16-17H2,1H3,(H,30,34)/b9-8+/t21-,23-,24+,25+/m0/s1. The maximum Gasteiger partial charge on any atom is 0.258 e. The molecule has 2 amide bonds. The number of aliphatic hydroxyl groups is 1. The second kappa shape index (κ2) is 9.91. The van der Waals surface area contributed by atoms with Gasteiger partial charge in [-0.2, -0.15) is 0 Å². The number of pyridine rings is 2. The molecular formula is C28H28N4O4. The minimum atomic E-state index is -0.676. The summed E-state index contributed by atoms with van der Waals surface area (Å²) in [6.07, 6.45) is 6.77. The Morgan fingerprint density at radius 2 is 1.83 bits per heavy atom. The van der Waals surface area contributed by atoms with Gasteiger partial charge in [0.1, 0.15) is 0 Å². The van der Waals surface area contributed by atoms with Crippen LogP contribution in [0.1, 0.15) is 40.1 Å². The van der Waals surface area contributed by atoms with E-state index in [-0.39, 0.29) is 30.5 Å². The van der Waals surface area contributed by atoms with E-state index in [0.29, 0.717) is 23.4 Å². The highest BCUT2D eigenvalue weighted by Gasteiger charge is 2.57. The van der Waals surface area contributed by atoms with Crippen molar-refractivity contribution in [2.24, 2.45) is 11.8 Å². The lowest BCUT2D eigenvalue weighted by Gasteiger charge is -2.38. The van der Waals surface area contributed by atoms with Gasteiger partial charge < -0.3 is 19.9 Å². The molecule has 8 heteroatoms. The van der Waals surface area contributed by atoms with Gasteiger partial charge in [-0.1, -0.05) is 36.4 Å². The highest BCUT2D eigenvalue weighted by atomic mass is 16.3. The topological polar surface area (TPSA) is 105 Å².